The maximum atomic E-state index is 13.2. The molecule has 0 aromatic carbocycles. The monoisotopic (exact) mass is 240 g/mol. The average Bonchev–Trinajstić information content (AvgIpc) is 2.13. The minimum atomic E-state index is -5.65. The van der Waals surface area contributed by atoms with Gasteiger partial charge in [0, 0.05) is 0 Å². The van der Waals surface area contributed by atoms with Crippen molar-refractivity contribution in [1.82, 2.24) is 0 Å². The first-order valence-corrected chi connectivity index (χ1v) is 3.95. The predicted octanol–water partition coefficient (Wildman–Crippen LogP) is 2.62. The first kappa shape index (κ1) is 10.9. The minimum absolute atomic E-state index is 3.26. The molecule has 0 aromatic rings. The summed E-state index contributed by atoms with van der Waals surface area (Å²) in [6.45, 7) is 0. The van der Waals surface area contributed by atoms with Crippen LogP contribution < -0.4 is 0 Å². The Bertz CT molecular complexity index is 280. The lowest BCUT2D eigenvalue weighted by molar-refractivity contribution is -0.450. The normalized spacial score (nSPS) is 59.2. The van der Waals surface area contributed by atoms with Crippen LogP contribution in [0.25, 0.3) is 0 Å². The van der Waals surface area contributed by atoms with E-state index in [-0.39, 0.29) is 0 Å². The Morgan fingerprint density at radius 2 is 1.07 bits per heavy atom. The molecule has 0 aromatic heterocycles. The van der Waals surface area contributed by atoms with Gasteiger partial charge in [0.1, 0.15) is 0 Å². The van der Waals surface area contributed by atoms with Gasteiger partial charge in [0.25, 0.3) is 0 Å². The van der Waals surface area contributed by atoms with Crippen molar-refractivity contribution in [2.45, 2.75) is 36.5 Å². The van der Waals surface area contributed by atoms with Crippen LogP contribution >= 0.6 is 0 Å². The van der Waals surface area contributed by atoms with E-state index in [0.717, 1.165) is 0 Å². The highest BCUT2D eigenvalue weighted by Crippen LogP contribution is 2.75. The summed E-state index contributed by atoms with van der Waals surface area (Å²) in [5, 5.41) is 0. The van der Waals surface area contributed by atoms with E-state index in [9.17, 15) is 35.1 Å². The summed E-state index contributed by atoms with van der Waals surface area (Å²) in [6, 6.07) is 0. The molecule has 2 rings (SSSR count). The lowest BCUT2D eigenvalue weighted by Gasteiger charge is -2.68. The van der Waals surface area contributed by atoms with E-state index in [0.29, 0.717) is 0 Å². The van der Waals surface area contributed by atoms with E-state index in [1.165, 1.54) is 0 Å². The molecular weight excluding hydrogens is 236 g/mol. The molecule has 8 heteroatoms. The van der Waals surface area contributed by atoms with Gasteiger partial charge in [0.05, 0.1) is 0 Å². The van der Waals surface area contributed by atoms with Crippen molar-refractivity contribution < 1.29 is 35.1 Å². The van der Waals surface area contributed by atoms with E-state index >= 15 is 0 Å². The van der Waals surface area contributed by atoms with Gasteiger partial charge in [-0.3, -0.25) is 0 Å². The van der Waals surface area contributed by atoms with E-state index in [4.69, 9.17) is 0 Å². The molecule has 2 saturated carbocycles. The molecule has 0 N–H and O–H groups in total. The molecule has 0 heterocycles. The SMILES string of the molecule is F[C@@H]1[C@H](F)C2(C(F)(F)F)[C@H](F)[C@H](F)C12F. The summed E-state index contributed by atoms with van der Waals surface area (Å²) in [4.78, 5) is 0. The van der Waals surface area contributed by atoms with E-state index < -0.39 is 41.9 Å². The highest BCUT2D eigenvalue weighted by molar-refractivity contribution is 5.38. The topological polar surface area (TPSA) is 0 Å². The fourth-order valence-corrected chi connectivity index (χ4v) is 2.41. The molecule has 0 aliphatic heterocycles. The zero-order valence-electron chi connectivity index (χ0n) is 6.83. The van der Waals surface area contributed by atoms with Crippen LogP contribution in [0.2, 0.25) is 0 Å². The Labute approximate surface area is 78.2 Å². The van der Waals surface area contributed by atoms with Crippen LogP contribution in [-0.2, 0) is 0 Å². The van der Waals surface area contributed by atoms with Gasteiger partial charge in [0.15, 0.2) is 35.8 Å². The summed E-state index contributed by atoms with van der Waals surface area (Å²) >= 11 is 0. The summed E-state index contributed by atoms with van der Waals surface area (Å²) < 4.78 is 100. The lowest BCUT2D eigenvalue weighted by atomic mass is 9.40. The van der Waals surface area contributed by atoms with E-state index in [1.807, 2.05) is 0 Å². The Hall–Kier alpha value is -0.560. The number of rotatable bonds is 0. The van der Waals surface area contributed by atoms with Crippen LogP contribution in [0.15, 0.2) is 0 Å². The lowest BCUT2D eigenvalue weighted by Crippen LogP contribution is -2.93. The molecule has 0 saturated heterocycles. The first-order valence-electron chi connectivity index (χ1n) is 3.95. The van der Waals surface area contributed by atoms with E-state index in [2.05, 4.69) is 0 Å². The number of halogens is 8. The molecule has 0 nitrogen and oxygen atoms in total. The number of hydrogen-bond donors (Lipinski definition) is 0. The quantitative estimate of drug-likeness (QED) is 0.571. The Kier molecular flexibility index (Phi) is 1.75. The maximum Gasteiger partial charge on any atom is 0.403 e. The molecule has 2 aliphatic carbocycles. The second-order valence-electron chi connectivity index (χ2n) is 3.74. The molecule has 2 fully saturated rings. The van der Waals surface area contributed by atoms with Crippen molar-refractivity contribution in [2.24, 2.45) is 5.41 Å². The van der Waals surface area contributed by atoms with Gasteiger partial charge in [-0.1, -0.05) is 0 Å². The Morgan fingerprint density at radius 1 is 0.733 bits per heavy atom. The smallest absolute Gasteiger partial charge is 0.243 e. The third-order valence-electron chi connectivity index (χ3n) is 3.29. The second kappa shape index (κ2) is 2.40. The zero-order valence-corrected chi connectivity index (χ0v) is 6.83. The van der Waals surface area contributed by atoms with Crippen LogP contribution in [0.4, 0.5) is 35.1 Å². The van der Waals surface area contributed by atoms with Gasteiger partial charge >= 0.3 is 6.18 Å². The van der Waals surface area contributed by atoms with Crippen molar-refractivity contribution in [2.75, 3.05) is 0 Å². The van der Waals surface area contributed by atoms with Gasteiger partial charge in [-0.15, -0.1) is 0 Å². The molecule has 0 bridgehead atoms. The zero-order chi connectivity index (χ0) is 11.8. The van der Waals surface area contributed by atoms with Gasteiger partial charge < -0.3 is 0 Å². The second-order valence-corrected chi connectivity index (χ2v) is 3.74. The van der Waals surface area contributed by atoms with Crippen LogP contribution in [0, 0.1) is 5.41 Å². The molecule has 0 amide bonds. The van der Waals surface area contributed by atoms with Crippen molar-refractivity contribution in [3.8, 4) is 0 Å². The summed E-state index contributed by atoms with van der Waals surface area (Å²) in [6.07, 6.45) is -18.9. The number of alkyl halides is 8. The van der Waals surface area contributed by atoms with Crippen molar-refractivity contribution in [3.05, 3.63) is 0 Å². The fraction of sp³-hybridized carbons (Fsp3) is 1.00. The molecule has 2 unspecified atom stereocenters. The summed E-state index contributed by atoms with van der Waals surface area (Å²) in [7, 11) is 0. The summed E-state index contributed by atoms with van der Waals surface area (Å²) in [5.74, 6) is 0. The Balaban J connectivity index is 2.47. The van der Waals surface area contributed by atoms with Crippen molar-refractivity contribution in [3.63, 3.8) is 0 Å². The highest BCUT2D eigenvalue weighted by atomic mass is 19.4. The fourth-order valence-electron chi connectivity index (χ4n) is 2.41. The van der Waals surface area contributed by atoms with Crippen LogP contribution in [0.5, 0.6) is 0 Å². The third kappa shape index (κ3) is 0.720. The van der Waals surface area contributed by atoms with Gasteiger partial charge in [-0.2, -0.15) is 13.2 Å². The van der Waals surface area contributed by atoms with Crippen LogP contribution in [0.1, 0.15) is 0 Å². The van der Waals surface area contributed by atoms with Gasteiger partial charge in [0.2, 0.25) is 0 Å². The molecule has 0 spiro atoms. The molecule has 2 aliphatic rings. The Morgan fingerprint density at radius 3 is 1.27 bits per heavy atom. The van der Waals surface area contributed by atoms with Crippen molar-refractivity contribution >= 4 is 0 Å². The first-order chi connectivity index (χ1) is 6.63. The molecule has 88 valence electrons. The molecule has 6 atom stereocenters. The largest absolute Gasteiger partial charge is 0.403 e. The van der Waals surface area contributed by atoms with E-state index in [1.54, 1.807) is 0 Å². The molecule has 15 heavy (non-hydrogen) atoms. The molecule has 0 radical (unpaired) electrons. The number of fused-ring (bicyclic) bond motifs is 1. The van der Waals surface area contributed by atoms with Crippen molar-refractivity contribution in [1.29, 1.82) is 0 Å². The summed E-state index contributed by atoms with van der Waals surface area (Å²) in [5.41, 5.74) is -8.26. The van der Waals surface area contributed by atoms with Crippen LogP contribution in [-0.4, -0.2) is 36.5 Å². The van der Waals surface area contributed by atoms with Gasteiger partial charge in [-0.25, -0.2) is 22.0 Å². The predicted molar refractivity (Wildman–Crippen MR) is 31.9 cm³/mol. The highest BCUT2D eigenvalue weighted by Gasteiger charge is 2.99. The third-order valence-corrected chi connectivity index (χ3v) is 3.29. The molecular formula is C7H4F8. The minimum Gasteiger partial charge on any atom is -0.243 e. The number of hydrogen-bond acceptors (Lipinski definition) is 0. The maximum absolute atomic E-state index is 13.2. The standard InChI is InChI=1S/C7H4F8/c8-1-3(10)6(12)4(11)2(9)5(1,6)7(13,14)15/h1-4H/t1-,2+,3+,4-,5?,6?. The van der Waals surface area contributed by atoms with Crippen LogP contribution in [0.3, 0.4) is 0 Å². The average molecular weight is 240 g/mol. The van der Waals surface area contributed by atoms with Gasteiger partial charge in [-0.05, 0) is 0 Å².